The zero-order valence-electron chi connectivity index (χ0n) is 8.80. The molecule has 6 heteroatoms. The van der Waals surface area contributed by atoms with Crippen LogP contribution in [0.5, 0.6) is 0 Å². The van der Waals surface area contributed by atoms with Gasteiger partial charge < -0.3 is 16.2 Å². The Bertz CT molecular complexity index is 287. The average molecular weight is 217 g/mol. The van der Waals surface area contributed by atoms with Crippen molar-refractivity contribution >= 4 is 11.8 Å². The summed E-state index contributed by atoms with van der Waals surface area (Å²) in [5.41, 5.74) is 3.93. The number of nitrogens with two attached hydrogens (primary N) is 1. The van der Waals surface area contributed by atoms with Gasteiger partial charge >= 0.3 is 5.97 Å². The average Bonchev–Trinajstić information content (AvgIpc) is 2.11. The van der Waals surface area contributed by atoms with Crippen LogP contribution in [0.15, 0.2) is 11.9 Å². The van der Waals surface area contributed by atoms with Crippen molar-refractivity contribution in [2.45, 2.75) is 25.8 Å². The second kappa shape index (κ2) is 5.45. The molecule has 0 heterocycles. The summed E-state index contributed by atoms with van der Waals surface area (Å²) < 4.78 is 13.0. The first-order valence-electron chi connectivity index (χ1n) is 4.41. The number of amidine groups is 1. The van der Waals surface area contributed by atoms with Crippen molar-refractivity contribution in [2.24, 2.45) is 5.73 Å². The fourth-order valence-corrected chi connectivity index (χ4v) is 0.699. The zero-order chi connectivity index (χ0) is 12.1. The monoisotopic (exact) mass is 217 g/mol. The predicted molar refractivity (Wildman–Crippen MR) is 55.4 cm³/mol. The molecular formula is C9H16FN3O2. The van der Waals surface area contributed by atoms with Crippen LogP contribution in [0, 0.1) is 5.41 Å². The molecule has 0 aromatic heterocycles. The highest BCUT2D eigenvalue weighted by Crippen LogP contribution is 2.09. The normalized spacial score (nSPS) is 15.6. The van der Waals surface area contributed by atoms with Crippen molar-refractivity contribution < 1.29 is 14.3 Å². The Kier molecular flexibility index (Phi) is 4.93. The summed E-state index contributed by atoms with van der Waals surface area (Å²) in [5, 5.41) is 18.1. The first-order valence-corrected chi connectivity index (χ1v) is 4.41. The van der Waals surface area contributed by atoms with Gasteiger partial charge in [-0.3, -0.25) is 10.2 Å². The molecule has 0 aliphatic carbocycles. The van der Waals surface area contributed by atoms with Gasteiger partial charge in [-0.05, 0) is 26.3 Å². The highest BCUT2D eigenvalue weighted by Gasteiger charge is 2.26. The van der Waals surface area contributed by atoms with Crippen LogP contribution in [0.25, 0.3) is 0 Å². The molecule has 0 aliphatic heterocycles. The number of carbonyl (C=O) groups is 1. The lowest BCUT2D eigenvalue weighted by atomic mass is 9.99. The van der Waals surface area contributed by atoms with Gasteiger partial charge in [-0.25, -0.2) is 4.39 Å². The van der Waals surface area contributed by atoms with E-state index in [1.807, 2.05) is 0 Å². The molecule has 0 saturated heterocycles. The van der Waals surface area contributed by atoms with Crippen molar-refractivity contribution in [1.29, 1.82) is 5.41 Å². The Labute approximate surface area is 87.7 Å². The van der Waals surface area contributed by atoms with Crippen LogP contribution in [-0.2, 0) is 4.79 Å². The zero-order valence-corrected chi connectivity index (χ0v) is 8.80. The Morgan fingerprint density at radius 2 is 2.27 bits per heavy atom. The van der Waals surface area contributed by atoms with E-state index in [1.54, 1.807) is 0 Å². The molecule has 0 aromatic carbocycles. The molecule has 0 rings (SSSR count). The van der Waals surface area contributed by atoms with Crippen molar-refractivity contribution in [2.75, 3.05) is 6.54 Å². The summed E-state index contributed by atoms with van der Waals surface area (Å²) in [7, 11) is 0. The molecule has 15 heavy (non-hydrogen) atoms. The Morgan fingerprint density at radius 1 is 1.73 bits per heavy atom. The summed E-state index contributed by atoms with van der Waals surface area (Å²) in [6, 6.07) is 0. The standard InChI is InChI=1S/C9H16FN3O2/c1-6(11)13-5-7(10)3-4-9(2,12)8(14)15/h3H,4-5,12H2,1-2H3,(H2,11,13)(H,14,15)/b7-3-. The highest BCUT2D eigenvalue weighted by atomic mass is 19.1. The van der Waals surface area contributed by atoms with Gasteiger partial charge in [0.25, 0.3) is 0 Å². The van der Waals surface area contributed by atoms with Crippen LogP contribution in [0.4, 0.5) is 4.39 Å². The number of halogens is 1. The number of aliphatic carboxylic acids is 1. The van der Waals surface area contributed by atoms with Crippen molar-refractivity contribution in [1.82, 2.24) is 5.32 Å². The quantitative estimate of drug-likeness (QED) is 0.400. The van der Waals surface area contributed by atoms with Crippen molar-refractivity contribution in [3.05, 3.63) is 11.9 Å². The van der Waals surface area contributed by atoms with E-state index in [9.17, 15) is 9.18 Å². The van der Waals surface area contributed by atoms with E-state index in [1.165, 1.54) is 13.8 Å². The smallest absolute Gasteiger partial charge is 0.323 e. The minimum absolute atomic E-state index is 0.0904. The van der Waals surface area contributed by atoms with E-state index in [2.05, 4.69) is 5.32 Å². The van der Waals surface area contributed by atoms with E-state index in [0.717, 1.165) is 6.08 Å². The van der Waals surface area contributed by atoms with Crippen LogP contribution < -0.4 is 11.1 Å². The molecule has 0 amide bonds. The number of hydrogen-bond acceptors (Lipinski definition) is 3. The van der Waals surface area contributed by atoms with Gasteiger partial charge in [0.1, 0.15) is 11.4 Å². The van der Waals surface area contributed by atoms with Gasteiger partial charge in [0, 0.05) is 0 Å². The lowest BCUT2D eigenvalue weighted by Crippen LogP contribution is -2.44. The minimum atomic E-state index is -1.46. The van der Waals surface area contributed by atoms with Crippen molar-refractivity contribution in [3.8, 4) is 0 Å². The summed E-state index contributed by atoms with van der Waals surface area (Å²) in [6.45, 7) is 2.68. The van der Waals surface area contributed by atoms with Crippen LogP contribution >= 0.6 is 0 Å². The Morgan fingerprint density at radius 3 is 2.67 bits per heavy atom. The van der Waals surface area contributed by atoms with Crippen LogP contribution in [0.3, 0.4) is 0 Å². The molecular weight excluding hydrogens is 201 g/mol. The number of hydrogen-bond donors (Lipinski definition) is 4. The van der Waals surface area contributed by atoms with Crippen LogP contribution in [0.2, 0.25) is 0 Å². The third-order valence-corrected chi connectivity index (χ3v) is 1.76. The van der Waals surface area contributed by atoms with Gasteiger partial charge in [0.2, 0.25) is 0 Å². The van der Waals surface area contributed by atoms with Gasteiger partial charge in [-0.2, -0.15) is 0 Å². The fourth-order valence-electron chi connectivity index (χ4n) is 0.699. The van der Waals surface area contributed by atoms with Gasteiger partial charge in [0.15, 0.2) is 0 Å². The highest BCUT2D eigenvalue weighted by molar-refractivity contribution is 5.78. The lowest BCUT2D eigenvalue weighted by molar-refractivity contribution is -0.142. The molecule has 5 nitrogen and oxygen atoms in total. The largest absolute Gasteiger partial charge is 0.480 e. The predicted octanol–water partition coefficient (Wildman–Crippen LogP) is 0.619. The molecule has 5 N–H and O–H groups in total. The van der Waals surface area contributed by atoms with E-state index in [0.29, 0.717) is 0 Å². The van der Waals surface area contributed by atoms with Crippen LogP contribution in [0.1, 0.15) is 20.3 Å². The summed E-state index contributed by atoms with van der Waals surface area (Å²) in [5.74, 6) is -1.56. The molecule has 0 bridgehead atoms. The molecule has 1 unspecified atom stereocenters. The number of carboxylic acid groups (broad SMARTS) is 1. The summed E-state index contributed by atoms with van der Waals surface area (Å²) in [6.07, 6.45) is 1.02. The number of rotatable bonds is 5. The topological polar surface area (TPSA) is 99.2 Å². The maximum absolute atomic E-state index is 13.0. The SMILES string of the molecule is CC(=N)NC/C(F)=C/CC(C)(N)C(=O)O. The summed E-state index contributed by atoms with van der Waals surface area (Å²) in [4.78, 5) is 10.6. The maximum atomic E-state index is 13.0. The van der Waals surface area contributed by atoms with Gasteiger partial charge in [0.05, 0.1) is 12.4 Å². The van der Waals surface area contributed by atoms with E-state index in [4.69, 9.17) is 16.2 Å². The van der Waals surface area contributed by atoms with Gasteiger partial charge in [-0.15, -0.1) is 0 Å². The molecule has 0 spiro atoms. The molecule has 0 saturated carbocycles. The Hall–Kier alpha value is -1.43. The molecule has 86 valence electrons. The molecule has 0 fully saturated rings. The van der Waals surface area contributed by atoms with Gasteiger partial charge in [-0.1, -0.05) is 0 Å². The summed E-state index contributed by atoms with van der Waals surface area (Å²) >= 11 is 0. The number of nitrogens with one attached hydrogen (secondary N) is 2. The van der Waals surface area contributed by atoms with E-state index >= 15 is 0 Å². The maximum Gasteiger partial charge on any atom is 0.323 e. The third-order valence-electron chi connectivity index (χ3n) is 1.76. The number of carboxylic acids is 1. The molecule has 0 aliphatic rings. The minimum Gasteiger partial charge on any atom is -0.480 e. The molecule has 0 aromatic rings. The van der Waals surface area contributed by atoms with E-state index in [-0.39, 0.29) is 18.8 Å². The molecule has 1 atom stereocenters. The Balaban J connectivity index is 4.16. The first kappa shape index (κ1) is 13.6. The van der Waals surface area contributed by atoms with Crippen LogP contribution in [-0.4, -0.2) is 29.0 Å². The molecule has 0 radical (unpaired) electrons. The first-order chi connectivity index (χ1) is 6.75. The van der Waals surface area contributed by atoms with Crippen molar-refractivity contribution in [3.63, 3.8) is 0 Å². The second-order valence-corrected chi connectivity index (χ2v) is 3.56. The third kappa shape index (κ3) is 5.79. The van der Waals surface area contributed by atoms with E-state index < -0.39 is 17.3 Å². The fraction of sp³-hybridized carbons (Fsp3) is 0.556. The lowest BCUT2D eigenvalue weighted by Gasteiger charge is -2.16. The second-order valence-electron chi connectivity index (χ2n) is 3.56.